The molecule has 1 amide bonds. The molecule has 0 N–H and O–H groups in total. The third-order valence-electron chi connectivity index (χ3n) is 6.05. The van der Waals surface area contributed by atoms with Gasteiger partial charge in [0.05, 0.1) is 21.6 Å². The Morgan fingerprint density at radius 1 is 1.23 bits per heavy atom. The largest absolute Gasteiger partial charge is 0.458 e. The van der Waals surface area contributed by atoms with Crippen LogP contribution in [-0.4, -0.2) is 78.9 Å². The van der Waals surface area contributed by atoms with Crippen molar-refractivity contribution < 1.29 is 28.1 Å². The second-order valence-electron chi connectivity index (χ2n) is 9.60. The molecule has 0 radical (unpaired) electrons. The highest BCUT2D eigenvalue weighted by Gasteiger charge is 2.45. The number of amides is 1. The van der Waals surface area contributed by atoms with Gasteiger partial charge in [-0.3, -0.25) is 4.90 Å². The van der Waals surface area contributed by atoms with Crippen LogP contribution in [0.15, 0.2) is 10.5 Å². The van der Waals surface area contributed by atoms with Crippen LogP contribution in [0.2, 0.25) is 5.02 Å². The summed E-state index contributed by atoms with van der Waals surface area (Å²) in [5.41, 5.74) is -0.498. The molecule has 4 rings (SSSR count). The maximum Gasteiger partial charge on any atom is 0.410 e. The second-order valence-corrected chi connectivity index (χ2v) is 10.8. The number of nitrogens with zero attached hydrogens (tertiary/aromatic N) is 4. The van der Waals surface area contributed by atoms with Crippen LogP contribution in [0.25, 0.3) is 10.9 Å². The predicted octanol–water partition coefficient (Wildman–Crippen LogP) is 4.77. The number of piperazine rings is 1. The van der Waals surface area contributed by atoms with Gasteiger partial charge in [-0.25, -0.2) is 9.18 Å². The van der Waals surface area contributed by atoms with Gasteiger partial charge >= 0.3 is 12.1 Å². The van der Waals surface area contributed by atoms with Gasteiger partial charge in [-0.05, 0) is 55.6 Å². The summed E-state index contributed by atoms with van der Waals surface area (Å²) < 4.78 is 37.0. The Balaban J connectivity index is 1.68. The summed E-state index contributed by atoms with van der Waals surface area (Å²) in [5.74, 6) is -0.114. The van der Waals surface area contributed by atoms with Crippen LogP contribution in [0.1, 0.15) is 33.6 Å². The van der Waals surface area contributed by atoms with Crippen molar-refractivity contribution in [2.45, 2.75) is 57.6 Å². The molecule has 2 bridgehead atoms. The van der Waals surface area contributed by atoms with E-state index in [1.54, 1.807) is 6.07 Å². The molecule has 35 heavy (non-hydrogen) atoms. The van der Waals surface area contributed by atoms with E-state index in [2.05, 4.69) is 25.9 Å². The summed E-state index contributed by atoms with van der Waals surface area (Å²) >= 11 is 9.47. The zero-order chi connectivity index (χ0) is 25.5. The third-order valence-corrected chi connectivity index (χ3v) is 7.35. The van der Waals surface area contributed by atoms with E-state index in [0.717, 1.165) is 12.8 Å². The first kappa shape index (κ1) is 26.1. The number of aromatic nitrogens is 2. The molecule has 9 nitrogen and oxygen atoms in total. The molecule has 3 heterocycles. The highest BCUT2D eigenvalue weighted by molar-refractivity contribution is 9.10. The number of rotatable bonds is 6. The number of carbonyl (C=O) groups excluding carboxylic acids is 1. The van der Waals surface area contributed by atoms with E-state index in [9.17, 15) is 4.79 Å². The SMILES string of the molecule is COC(COc1nc(N2C[C@H]3CC[C@@H](C2)N3C(=O)OC(C)(C)C)c2cc(Cl)c(Br)c(F)c2n1)OC. The molecule has 0 saturated carbocycles. The first-order valence-electron chi connectivity index (χ1n) is 11.3. The number of anilines is 1. The molecule has 2 atom stereocenters. The first-order valence-corrected chi connectivity index (χ1v) is 12.5. The van der Waals surface area contributed by atoms with Crippen LogP contribution in [0.4, 0.5) is 15.0 Å². The van der Waals surface area contributed by atoms with Crippen molar-refractivity contribution in [3.05, 3.63) is 21.4 Å². The molecule has 1 aromatic heterocycles. The van der Waals surface area contributed by atoms with Gasteiger partial charge in [0.1, 0.15) is 23.5 Å². The highest BCUT2D eigenvalue weighted by Crippen LogP contribution is 2.39. The lowest BCUT2D eigenvalue weighted by molar-refractivity contribution is -0.123. The van der Waals surface area contributed by atoms with E-state index >= 15 is 4.39 Å². The fraction of sp³-hybridized carbons (Fsp3) is 0.609. The zero-order valence-corrected chi connectivity index (χ0v) is 22.7. The minimum Gasteiger partial charge on any atom is -0.458 e. The molecule has 2 aromatic rings. The van der Waals surface area contributed by atoms with E-state index in [0.29, 0.717) is 24.3 Å². The number of carbonyl (C=O) groups is 1. The number of hydrogen-bond donors (Lipinski definition) is 0. The molecule has 2 saturated heterocycles. The van der Waals surface area contributed by atoms with Gasteiger partial charge in [0.15, 0.2) is 12.1 Å². The van der Waals surface area contributed by atoms with Gasteiger partial charge in [-0.1, -0.05) is 11.6 Å². The third kappa shape index (κ3) is 5.42. The maximum absolute atomic E-state index is 15.2. The van der Waals surface area contributed by atoms with Crippen LogP contribution in [0.3, 0.4) is 0 Å². The van der Waals surface area contributed by atoms with Gasteiger partial charge in [-0.15, -0.1) is 0 Å². The zero-order valence-electron chi connectivity index (χ0n) is 20.3. The fourth-order valence-corrected chi connectivity index (χ4v) is 5.00. The fourth-order valence-electron chi connectivity index (χ4n) is 4.51. The lowest BCUT2D eigenvalue weighted by atomic mass is 10.1. The molecule has 2 fully saturated rings. The standard InChI is InChI=1S/C23H29BrClFN4O5/c1-23(2,3)35-22(31)30-12-6-7-13(30)10-29(9-12)20-14-8-15(25)17(24)18(26)19(14)27-21(28-20)34-11-16(32-4)33-5/h8,12-13,16H,6-7,9-11H2,1-5H3/t12-,13+. The van der Waals surface area contributed by atoms with Gasteiger partial charge in [0.2, 0.25) is 0 Å². The molecule has 0 spiro atoms. The summed E-state index contributed by atoms with van der Waals surface area (Å²) in [5, 5.41) is 0.672. The summed E-state index contributed by atoms with van der Waals surface area (Å²) in [6, 6.07) is 1.51. The minimum atomic E-state index is -0.632. The van der Waals surface area contributed by atoms with Crippen LogP contribution in [-0.2, 0) is 14.2 Å². The van der Waals surface area contributed by atoms with Gasteiger partial charge in [0, 0.05) is 32.7 Å². The number of halogens is 3. The highest BCUT2D eigenvalue weighted by atomic mass is 79.9. The Hall–Kier alpha value is -1.95. The van der Waals surface area contributed by atoms with Crippen molar-refractivity contribution in [2.24, 2.45) is 0 Å². The molecular weight excluding hydrogens is 547 g/mol. The molecular formula is C23H29BrClFN4O5. The number of fused-ring (bicyclic) bond motifs is 3. The van der Waals surface area contributed by atoms with Crippen LogP contribution in [0, 0.1) is 5.82 Å². The summed E-state index contributed by atoms with van der Waals surface area (Å²) in [6.07, 6.45) is 0.741. The Labute approximate surface area is 216 Å². The Kier molecular flexibility index (Phi) is 7.61. The van der Waals surface area contributed by atoms with E-state index in [1.807, 2.05) is 30.6 Å². The van der Waals surface area contributed by atoms with Crippen molar-refractivity contribution in [1.29, 1.82) is 0 Å². The normalized spacial score (nSPS) is 20.1. The molecule has 192 valence electrons. The number of benzene rings is 1. The van der Waals surface area contributed by atoms with Crippen molar-refractivity contribution >= 4 is 50.3 Å². The first-order chi connectivity index (χ1) is 16.5. The smallest absolute Gasteiger partial charge is 0.410 e. The average Bonchev–Trinajstić information content (AvgIpc) is 3.07. The quantitative estimate of drug-likeness (QED) is 0.360. The lowest BCUT2D eigenvalue weighted by Gasteiger charge is -2.42. The number of methoxy groups -OCH3 is 2. The second kappa shape index (κ2) is 10.2. The number of hydrogen-bond acceptors (Lipinski definition) is 8. The van der Waals surface area contributed by atoms with E-state index < -0.39 is 17.7 Å². The van der Waals surface area contributed by atoms with Crippen LogP contribution >= 0.6 is 27.5 Å². The predicted molar refractivity (Wildman–Crippen MR) is 133 cm³/mol. The van der Waals surface area contributed by atoms with E-state index in [1.165, 1.54) is 14.2 Å². The van der Waals surface area contributed by atoms with Crippen molar-refractivity contribution in [1.82, 2.24) is 14.9 Å². The number of ether oxygens (including phenoxy) is 4. The van der Waals surface area contributed by atoms with Crippen LogP contribution in [0.5, 0.6) is 6.01 Å². The maximum atomic E-state index is 15.2. The Morgan fingerprint density at radius 3 is 2.43 bits per heavy atom. The Bertz CT molecular complexity index is 1100. The van der Waals surface area contributed by atoms with Gasteiger partial charge in [-0.2, -0.15) is 9.97 Å². The summed E-state index contributed by atoms with van der Waals surface area (Å²) in [6.45, 7) is 6.60. The summed E-state index contributed by atoms with van der Waals surface area (Å²) in [7, 11) is 2.98. The van der Waals surface area contributed by atoms with Crippen molar-refractivity contribution in [3.63, 3.8) is 0 Å². The molecule has 0 aliphatic carbocycles. The molecule has 2 aliphatic rings. The van der Waals surface area contributed by atoms with E-state index in [-0.39, 0.29) is 45.8 Å². The molecule has 2 aliphatic heterocycles. The average molecular weight is 576 g/mol. The van der Waals surface area contributed by atoms with Crippen LogP contribution < -0.4 is 9.64 Å². The monoisotopic (exact) mass is 574 g/mol. The van der Waals surface area contributed by atoms with Gasteiger partial charge in [0.25, 0.3) is 0 Å². The topological polar surface area (TPSA) is 86.3 Å². The molecule has 12 heteroatoms. The Morgan fingerprint density at radius 2 is 1.86 bits per heavy atom. The van der Waals surface area contributed by atoms with Crippen molar-refractivity contribution in [3.8, 4) is 6.01 Å². The van der Waals surface area contributed by atoms with Crippen molar-refractivity contribution in [2.75, 3.05) is 38.8 Å². The molecule has 1 aromatic carbocycles. The van der Waals surface area contributed by atoms with E-state index in [4.69, 9.17) is 30.5 Å². The summed E-state index contributed by atoms with van der Waals surface area (Å²) in [4.78, 5) is 25.6. The lowest BCUT2D eigenvalue weighted by Crippen LogP contribution is -2.57. The minimum absolute atomic E-state index is 0.0124. The molecule has 0 unspecified atom stereocenters. The van der Waals surface area contributed by atoms with Gasteiger partial charge < -0.3 is 23.8 Å².